The summed E-state index contributed by atoms with van der Waals surface area (Å²) in [6, 6.07) is 0. The van der Waals surface area contributed by atoms with Gasteiger partial charge in [-0.05, 0) is 13.3 Å². The molecule has 1 unspecified atom stereocenters. The average molecular weight is 223 g/mol. The van der Waals surface area contributed by atoms with Crippen LogP contribution in [0.2, 0.25) is 0 Å². The summed E-state index contributed by atoms with van der Waals surface area (Å²) in [5.41, 5.74) is -0.291. The van der Waals surface area contributed by atoms with E-state index in [9.17, 15) is 4.79 Å². The van der Waals surface area contributed by atoms with E-state index in [1.165, 1.54) is 0 Å². The molecule has 1 aliphatic heterocycles. The molecule has 1 amide bonds. The van der Waals surface area contributed by atoms with Crippen molar-refractivity contribution in [3.8, 4) is 0 Å². The molecule has 0 aromatic heterocycles. The minimum absolute atomic E-state index is 0. The van der Waals surface area contributed by atoms with E-state index in [4.69, 9.17) is 4.74 Å². The molecule has 1 N–H and O–H groups in total. The van der Waals surface area contributed by atoms with Gasteiger partial charge >= 0.3 is 51.4 Å². The maximum atomic E-state index is 11.6. The van der Waals surface area contributed by atoms with Crippen LogP contribution in [0.5, 0.6) is 0 Å². The Morgan fingerprint density at radius 2 is 2.36 bits per heavy atom. The van der Waals surface area contributed by atoms with Gasteiger partial charge in [-0.25, -0.2) is 0 Å². The summed E-state index contributed by atoms with van der Waals surface area (Å²) in [7, 11) is 0. The predicted octanol–water partition coefficient (Wildman–Crippen LogP) is -1.85. The van der Waals surface area contributed by atoms with E-state index in [1.807, 2.05) is 6.92 Å². The summed E-state index contributed by atoms with van der Waals surface area (Å²) in [6.45, 7) is 7.68. The Morgan fingerprint density at radius 1 is 1.64 bits per heavy atom. The Hall–Kier alpha value is 1.07. The van der Waals surface area contributed by atoms with Crippen molar-refractivity contribution in [3.63, 3.8) is 0 Å². The second-order valence-corrected chi connectivity index (χ2v) is 3.83. The summed E-state index contributed by atoms with van der Waals surface area (Å²) < 4.78 is 5.21. The van der Waals surface area contributed by atoms with Gasteiger partial charge in [0, 0.05) is 13.2 Å². The van der Waals surface area contributed by atoms with Crippen LogP contribution in [0.15, 0.2) is 0 Å². The molecule has 0 radical (unpaired) electrons. The summed E-state index contributed by atoms with van der Waals surface area (Å²) >= 11 is 0. The molecule has 1 saturated heterocycles. The van der Waals surface area contributed by atoms with Crippen molar-refractivity contribution in [2.45, 2.75) is 26.2 Å². The standard InChI is InChI=1S/C10H18NO2.K/c1-3-4-6-11-9(12)10(2)5-7-13-8-10;/h1,3-8H2,2H3,(H,11,12);/q-1;+1. The van der Waals surface area contributed by atoms with Crippen molar-refractivity contribution in [2.75, 3.05) is 19.8 Å². The fourth-order valence-electron chi connectivity index (χ4n) is 1.39. The number of nitrogens with one attached hydrogen (secondary N) is 1. The molecule has 0 bridgehead atoms. The zero-order valence-electron chi connectivity index (χ0n) is 9.27. The van der Waals surface area contributed by atoms with Crippen molar-refractivity contribution in [1.29, 1.82) is 0 Å². The van der Waals surface area contributed by atoms with Gasteiger partial charge < -0.3 is 17.0 Å². The van der Waals surface area contributed by atoms with E-state index >= 15 is 0 Å². The van der Waals surface area contributed by atoms with E-state index in [-0.39, 0.29) is 62.7 Å². The average Bonchev–Trinajstić information content (AvgIpc) is 2.54. The fraction of sp³-hybridized carbons (Fsp3) is 0.800. The van der Waals surface area contributed by atoms with Crippen molar-refractivity contribution in [1.82, 2.24) is 5.32 Å². The van der Waals surface area contributed by atoms with Gasteiger partial charge in [-0.1, -0.05) is 6.42 Å². The normalized spacial score (nSPS) is 25.6. The van der Waals surface area contributed by atoms with E-state index < -0.39 is 0 Å². The Balaban J connectivity index is 0.00000169. The first-order valence-corrected chi connectivity index (χ1v) is 4.84. The molecule has 14 heavy (non-hydrogen) atoms. The maximum Gasteiger partial charge on any atom is 1.00 e. The first-order chi connectivity index (χ1) is 6.19. The smallest absolute Gasteiger partial charge is 0.380 e. The van der Waals surface area contributed by atoms with Gasteiger partial charge in [0.25, 0.3) is 0 Å². The summed E-state index contributed by atoms with van der Waals surface area (Å²) in [6.07, 6.45) is 2.65. The number of unbranched alkanes of at least 4 members (excludes halogenated alkanes) is 1. The Bertz CT molecular complexity index is 179. The summed E-state index contributed by atoms with van der Waals surface area (Å²) in [4.78, 5) is 11.6. The topological polar surface area (TPSA) is 38.3 Å². The maximum absolute atomic E-state index is 11.6. The van der Waals surface area contributed by atoms with Crippen LogP contribution in [0.3, 0.4) is 0 Å². The zero-order valence-corrected chi connectivity index (χ0v) is 12.4. The Morgan fingerprint density at radius 3 is 2.86 bits per heavy atom. The molecule has 0 spiro atoms. The van der Waals surface area contributed by atoms with Gasteiger partial charge in [0.15, 0.2) is 0 Å². The van der Waals surface area contributed by atoms with Gasteiger partial charge in [0.05, 0.1) is 12.0 Å². The fourth-order valence-corrected chi connectivity index (χ4v) is 1.39. The number of hydrogen-bond donors (Lipinski definition) is 1. The van der Waals surface area contributed by atoms with E-state index in [2.05, 4.69) is 12.2 Å². The molecule has 1 atom stereocenters. The monoisotopic (exact) mass is 223 g/mol. The van der Waals surface area contributed by atoms with Gasteiger partial charge in [0.2, 0.25) is 5.91 Å². The quantitative estimate of drug-likeness (QED) is 0.345. The second-order valence-electron chi connectivity index (χ2n) is 3.83. The molecule has 1 fully saturated rings. The van der Waals surface area contributed by atoms with Crippen molar-refractivity contribution < 1.29 is 60.9 Å². The van der Waals surface area contributed by atoms with Gasteiger partial charge in [-0.3, -0.25) is 4.79 Å². The molecule has 76 valence electrons. The molecule has 4 heteroatoms. The number of rotatable bonds is 4. The molecule has 0 aromatic rings. The zero-order chi connectivity index (χ0) is 9.73. The predicted molar refractivity (Wildman–Crippen MR) is 51.1 cm³/mol. The van der Waals surface area contributed by atoms with Crippen LogP contribution >= 0.6 is 0 Å². The van der Waals surface area contributed by atoms with Crippen LogP contribution in [-0.2, 0) is 9.53 Å². The molecule has 0 saturated carbocycles. The molecule has 3 nitrogen and oxygen atoms in total. The minimum Gasteiger partial charge on any atom is -0.380 e. The van der Waals surface area contributed by atoms with Crippen LogP contribution < -0.4 is 56.7 Å². The number of carbonyl (C=O) groups is 1. The van der Waals surface area contributed by atoms with Gasteiger partial charge in [-0.15, -0.1) is 0 Å². The van der Waals surface area contributed by atoms with Crippen LogP contribution in [0.1, 0.15) is 26.2 Å². The number of hydrogen-bond acceptors (Lipinski definition) is 2. The first kappa shape index (κ1) is 15.1. The molecular weight excluding hydrogens is 205 g/mol. The molecule has 1 aliphatic rings. The van der Waals surface area contributed by atoms with Gasteiger partial charge in [-0.2, -0.15) is 6.42 Å². The van der Waals surface area contributed by atoms with E-state index in [0.717, 1.165) is 25.8 Å². The third-order valence-corrected chi connectivity index (χ3v) is 2.48. The summed E-state index contributed by atoms with van der Waals surface area (Å²) in [5, 5.41) is 2.91. The third kappa shape index (κ3) is 4.29. The summed E-state index contributed by atoms with van der Waals surface area (Å²) in [5.74, 6) is 0.124. The van der Waals surface area contributed by atoms with Crippen LogP contribution in [0.25, 0.3) is 0 Å². The molecular formula is C10H18KNO2. The van der Waals surface area contributed by atoms with Crippen LogP contribution in [-0.4, -0.2) is 25.7 Å². The Labute approximate surface area is 129 Å². The van der Waals surface area contributed by atoms with Crippen molar-refractivity contribution in [3.05, 3.63) is 6.92 Å². The molecule has 0 aliphatic carbocycles. The molecule has 1 heterocycles. The first-order valence-electron chi connectivity index (χ1n) is 4.84. The molecule has 1 rings (SSSR count). The van der Waals surface area contributed by atoms with Crippen molar-refractivity contribution >= 4 is 5.91 Å². The van der Waals surface area contributed by atoms with E-state index in [0.29, 0.717) is 13.2 Å². The SMILES string of the molecule is [CH2-]CCCNC(=O)C1(C)CCOC1.[K+]. The molecule has 0 aromatic carbocycles. The van der Waals surface area contributed by atoms with Gasteiger partial charge in [0.1, 0.15) is 0 Å². The second kappa shape index (κ2) is 7.36. The third-order valence-electron chi connectivity index (χ3n) is 2.48. The van der Waals surface area contributed by atoms with E-state index in [1.54, 1.807) is 0 Å². The van der Waals surface area contributed by atoms with Crippen LogP contribution in [0.4, 0.5) is 0 Å². The number of ether oxygens (including phenoxy) is 1. The minimum atomic E-state index is -0.291. The Kier molecular flexibility index (Phi) is 7.92. The largest absolute Gasteiger partial charge is 1.00 e. The van der Waals surface area contributed by atoms with Crippen LogP contribution in [0, 0.1) is 12.3 Å². The van der Waals surface area contributed by atoms with Crippen molar-refractivity contribution in [2.24, 2.45) is 5.41 Å². The number of carbonyl (C=O) groups excluding carboxylic acids is 1. The number of amides is 1.